The summed E-state index contributed by atoms with van der Waals surface area (Å²) in [5.74, 6) is -0.776. The molecule has 110 valence electrons. The number of nitrogens with one attached hydrogen (secondary N) is 2. The number of carbonyl (C=O) groups excluding carboxylic acids is 1. The van der Waals surface area contributed by atoms with Crippen LogP contribution in [0.4, 0.5) is 15.8 Å². The number of nitrogens with zero attached hydrogens (tertiary/aromatic N) is 1. The lowest BCUT2D eigenvalue weighted by Crippen LogP contribution is -2.26. The zero-order chi connectivity index (χ0) is 15.5. The van der Waals surface area contributed by atoms with Crippen LogP contribution in [0.2, 0.25) is 0 Å². The van der Waals surface area contributed by atoms with Crippen LogP contribution in [0.25, 0.3) is 0 Å². The zero-order valence-corrected chi connectivity index (χ0v) is 12.3. The van der Waals surface area contributed by atoms with Crippen molar-refractivity contribution in [2.24, 2.45) is 0 Å². The average Bonchev–Trinajstić information content (AvgIpc) is 2.37. The second kappa shape index (κ2) is 5.91. The van der Waals surface area contributed by atoms with E-state index in [1.54, 1.807) is 24.4 Å². The van der Waals surface area contributed by atoms with E-state index in [-0.39, 0.29) is 17.1 Å². The van der Waals surface area contributed by atoms with Crippen LogP contribution in [0.5, 0.6) is 0 Å². The fraction of sp³-hybridized carbons (Fsp3) is 0.250. The Hall–Kier alpha value is -2.43. The van der Waals surface area contributed by atoms with Crippen molar-refractivity contribution >= 4 is 17.3 Å². The molecule has 1 aromatic heterocycles. The molecule has 2 N–H and O–H groups in total. The molecule has 0 aliphatic carbocycles. The highest BCUT2D eigenvalue weighted by Gasteiger charge is 2.12. The summed E-state index contributed by atoms with van der Waals surface area (Å²) in [7, 11) is 0. The molecule has 0 aliphatic heterocycles. The number of halogens is 1. The minimum absolute atomic E-state index is 0.113. The first-order valence-electron chi connectivity index (χ1n) is 6.65. The van der Waals surface area contributed by atoms with E-state index >= 15 is 0 Å². The van der Waals surface area contributed by atoms with E-state index < -0.39 is 5.82 Å². The lowest BCUT2D eigenvalue weighted by Gasteiger charge is -2.22. The number of rotatable bonds is 3. The van der Waals surface area contributed by atoms with Crippen LogP contribution in [0, 0.1) is 5.82 Å². The molecule has 2 rings (SSSR count). The third-order valence-electron chi connectivity index (χ3n) is 2.59. The van der Waals surface area contributed by atoms with Gasteiger partial charge >= 0.3 is 0 Å². The monoisotopic (exact) mass is 287 g/mol. The Morgan fingerprint density at radius 1 is 1.14 bits per heavy atom. The van der Waals surface area contributed by atoms with Gasteiger partial charge in [-0.1, -0.05) is 6.07 Å². The molecule has 1 aromatic carbocycles. The first kappa shape index (κ1) is 15.0. The first-order chi connectivity index (χ1) is 9.83. The molecule has 21 heavy (non-hydrogen) atoms. The summed E-state index contributed by atoms with van der Waals surface area (Å²) in [6.45, 7) is 6.08. The SMILES string of the molecule is CC(C)(C)Nc1ccnc(C(=O)Nc2cccc(F)c2)c1. The number of aromatic nitrogens is 1. The van der Waals surface area contributed by atoms with E-state index in [2.05, 4.69) is 15.6 Å². The fourth-order valence-electron chi connectivity index (χ4n) is 1.83. The van der Waals surface area contributed by atoms with Gasteiger partial charge < -0.3 is 10.6 Å². The standard InChI is InChI=1S/C16H18FN3O/c1-16(2,3)20-13-7-8-18-14(10-13)15(21)19-12-6-4-5-11(17)9-12/h4-10H,1-3H3,(H,18,20)(H,19,21). The van der Waals surface area contributed by atoms with Gasteiger partial charge in [0.2, 0.25) is 0 Å². The number of benzene rings is 1. The molecule has 5 heteroatoms. The first-order valence-corrected chi connectivity index (χ1v) is 6.65. The Balaban J connectivity index is 2.14. The molecule has 0 fully saturated rings. The molecular formula is C16H18FN3O. The zero-order valence-electron chi connectivity index (χ0n) is 12.3. The molecule has 4 nitrogen and oxygen atoms in total. The number of hydrogen-bond donors (Lipinski definition) is 2. The fourth-order valence-corrected chi connectivity index (χ4v) is 1.83. The molecule has 0 bridgehead atoms. The summed E-state index contributed by atoms with van der Waals surface area (Å²) in [6.07, 6.45) is 1.56. The van der Waals surface area contributed by atoms with E-state index in [0.29, 0.717) is 5.69 Å². The highest BCUT2D eigenvalue weighted by Crippen LogP contribution is 2.16. The number of carbonyl (C=O) groups is 1. The molecule has 2 aromatic rings. The van der Waals surface area contributed by atoms with Crippen molar-refractivity contribution in [3.05, 3.63) is 54.1 Å². The second-order valence-electron chi connectivity index (χ2n) is 5.77. The van der Waals surface area contributed by atoms with E-state index in [4.69, 9.17) is 0 Å². The average molecular weight is 287 g/mol. The highest BCUT2D eigenvalue weighted by molar-refractivity contribution is 6.03. The van der Waals surface area contributed by atoms with Crippen LogP contribution in [0.3, 0.4) is 0 Å². The normalized spacial score (nSPS) is 11.0. The maximum absolute atomic E-state index is 13.1. The largest absolute Gasteiger partial charge is 0.380 e. The predicted molar refractivity (Wildman–Crippen MR) is 82.0 cm³/mol. The van der Waals surface area contributed by atoms with Crippen LogP contribution in [0.15, 0.2) is 42.6 Å². The predicted octanol–water partition coefficient (Wildman–Crippen LogP) is 3.68. The maximum atomic E-state index is 13.1. The Bertz CT molecular complexity index is 650. The molecule has 0 saturated carbocycles. The van der Waals surface area contributed by atoms with Crippen LogP contribution in [-0.2, 0) is 0 Å². The maximum Gasteiger partial charge on any atom is 0.274 e. The number of amides is 1. The van der Waals surface area contributed by atoms with Crippen molar-refractivity contribution in [3.8, 4) is 0 Å². The van der Waals surface area contributed by atoms with Crippen molar-refractivity contribution in [2.45, 2.75) is 26.3 Å². The smallest absolute Gasteiger partial charge is 0.274 e. The quantitative estimate of drug-likeness (QED) is 0.905. The van der Waals surface area contributed by atoms with Gasteiger partial charge in [0.25, 0.3) is 5.91 Å². The van der Waals surface area contributed by atoms with Gasteiger partial charge in [-0.3, -0.25) is 9.78 Å². The molecule has 0 spiro atoms. The van der Waals surface area contributed by atoms with Crippen LogP contribution >= 0.6 is 0 Å². The number of pyridine rings is 1. The van der Waals surface area contributed by atoms with Gasteiger partial charge in [-0.2, -0.15) is 0 Å². The van der Waals surface area contributed by atoms with Crippen molar-refractivity contribution in [1.29, 1.82) is 0 Å². The Kier molecular flexibility index (Phi) is 4.21. The van der Waals surface area contributed by atoms with Crippen LogP contribution in [0.1, 0.15) is 31.3 Å². The number of hydrogen-bond acceptors (Lipinski definition) is 3. The van der Waals surface area contributed by atoms with E-state index in [9.17, 15) is 9.18 Å². The van der Waals surface area contributed by atoms with Crippen molar-refractivity contribution < 1.29 is 9.18 Å². The molecule has 0 unspecified atom stereocenters. The van der Waals surface area contributed by atoms with Gasteiger partial charge in [0.15, 0.2) is 0 Å². The Labute approximate surface area is 123 Å². The summed E-state index contributed by atoms with van der Waals surface area (Å²) in [6, 6.07) is 9.20. The van der Waals surface area contributed by atoms with Crippen molar-refractivity contribution in [2.75, 3.05) is 10.6 Å². The van der Waals surface area contributed by atoms with E-state index in [1.807, 2.05) is 20.8 Å². The second-order valence-corrected chi connectivity index (χ2v) is 5.77. The summed E-state index contributed by atoms with van der Waals surface area (Å²) >= 11 is 0. The van der Waals surface area contributed by atoms with Gasteiger partial charge in [0.1, 0.15) is 11.5 Å². The minimum Gasteiger partial charge on any atom is -0.380 e. The topological polar surface area (TPSA) is 54.0 Å². The van der Waals surface area contributed by atoms with Gasteiger partial charge in [0, 0.05) is 23.1 Å². The lowest BCUT2D eigenvalue weighted by molar-refractivity contribution is 0.102. The van der Waals surface area contributed by atoms with Crippen molar-refractivity contribution in [1.82, 2.24) is 4.98 Å². The van der Waals surface area contributed by atoms with Gasteiger partial charge in [-0.25, -0.2) is 4.39 Å². The number of anilines is 2. The van der Waals surface area contributed by atoms with Gasteiger partial charge in [0.05, 0.1) is 0 Å². The molecular weight excluding hydrogens is 269 g/mol. The summed E-state index contributed by atoms with van der Waals surface area (Å²) < 4.78 is 13.1. The molecule has 1 amide bonds. The van der Waals surface area contributed by atoms with Crippen LogP contribution in [-0.4, -0.2) is 16.4 Å². The summed E-state index contributed by atoms with van der Waals surface area (Å²) in [5, 5.41) is 5.89. The molecule has 0 aliphatic rings. The van der Waals surface area contributed by atoms with Gasteiger partial charge in [-0.05, 0) is 51.1 Å². The summed E-state index contributed by atoms with van der Waals surface area (Å²) in [5.41, 5.74) is 1.36. The molecule has 0 atom stereocenters. The summed E-state index contributed by atoms with van der Waals surface area (Å²) in [4.78, 5) is 16.2. The third-order valence-corrected chi connectivity index (χ3v) is 2.59. The molecule has 0 radical (unpaired) electrons. The Morgan fingerprint density at radius 2 is 1.90 bits per heavy atom. The highest BCUT2D eigenvalue weighted by atomic mass is 19.1. The molecule has 1 heterocycles. The van der Waals surface area contributed by atoms with Crippen LogP contribution < -0.4 is 10.6 Å². The minimum atomic E-state index is -0.399. The molecule has 0 saturated heterocycles. The van der Waals surface area contributed by atoms with E-state index in [0.717, 1.165) is 5.69 Å². The van der Waals surface area contributed by atoms with Crippen molar-refractivity contribution in [3.63, 3.8) is 0 Å². The third kappa shape index (κ3) is 4.56. The van der Waals surface area contributed by atoms with E-state index in [1.165, 1.54) is 18.2 Å². The van der Waals surface area contributed by atoms with Gasteiger partial charge in [-0.15, -0.1) is 0 Å². The Morgan fingerprint density at radius 3 is 2.57 bits per heavy atom. The lowest BCUT2D eigenvalue weighted by atomic mass is 10.1.